The minimum atomic E-state index is -0.180. The van der Waals surface area contributed by atoms with E-state index in [2.05, 4.69) is 28.0 Å². The van der Waals surface area contributed by atoms with Crippen LogP contribution in [0.2, 0.25) is 0 Å². The van der Waals surface area contributed by atoms with Crippen LogP contribution in [0.5, 0.6) is 0 Å². The Labute approximate surface area is 89.2 Å². The molecule has 0 aromatic heterocycles. The smallest absolute Gasteiger partial charge is 0.214 e. The first-order chi connectivity index (χ1) is 6.76. The molecule has 0 spiro atoms. The van der Waals surface area contributed by atoms with Crippen LogP contribution in [0.15, 0.2) is 5.11 Å². The molecule has 0 heterocycles. The van der Waals surface area contributed by atoms with Crippen molar-refractivity contribution in [1.29, 1.82) is 5.53 Å². The number of thiol groups is 1. The van der Waals surface area contributed by atoms with Gasteiger partial charge in [0, 0.05) is 12.9 Å². The van der Waals surface area contributed by atoms with E-state index in [9.17, 15) is 0 Å². The third-order valence-corrected chi connectivity index (χ3v) is 2.13. The van der Waals surface area contributed by atoms with Crippen molar-refractivity contribution < 1.29 is 4.74 Å². The Kier molecular flexibility index (Phi) is 8.81. The van der Waals surface area contributed by atoms with Crippen molar-refractivity contribution in [2.24, 2.45) is 10.8 Å². The lowest BCUT2D eigenvalue weighted by Gasteiger charge is -2.21. The van der Waals surface area contributed by atoms with Gasteiger partial charge in [0.2, 0.25) is 4.91 Å². The second kappa shape index (κ2) is 9.11. The molecule has 0 aromatic rings. The van der Waals surface area contributed by atoms with Crippen molar-refractivity contribution in [3.63, 3.8) is 0 Å². The van der Waals surface area contributed by atoms with Crippen LogP contribution in [0.1, 0.15) is 6.42 Å². The molecule has 0 aliphatic heterocycles. The molecule has 1 unspecified atom stereocenters. The van der Waals surface area contributed by atoms with Crippen LogP contribution < -0.4 is 16.0 Å². The van der Waals surface area contributed by atoms with E-state index < -0.39 is 0 Å². The highest BCUT2D eigenvalue weighted by Gasteiger charge is 2.14. The third-order valence-electron chi connectivity index (χ3n) is 1.70. The van der Waals surface area contributed by atoms with Gasteiger partial charge < -0.3 is 10.5 Å². The van der Waals surface area contributed by atoms with Gasteiger partial charge in [-0.1, -0.05) is 0 Å². The zero-order valence-electron chi connectivity index (χ0n) is 8.31. The molecule has 0 radical (unpaired) electrons. The standard InChI is InChI=1S/C7H17N5OS/c1-13-7(6(8)5-14)10-3-2-4-11-12-9/h6-7,9-10H,2-5,8H2,1H3/p+1/t6-,7?/m1/s1. The highest BCUT2D eigenvalue weighted by Crippen LogP contribution is 1.94. The van der Waals surface area contributed by atoms with Crippen LogP contribution in [0.25, 0.3) is 0 Å². The van der Waals surface area contributed by atoms with E-state index in [1.54, 1.807) is 7.11 Å². The Balaban J connectivity index is 3.57. The van der Waals surface area contributed by atoms with E-state index >= 15 is 0 Å². The fraction of sp³-hybridized carbons (Fsp3) is 1.00. The van der Waals surface area contributed by atoms with Crippen molar-refractivity contribution in [2.45, 2.75) is 18.7 Å². The lowest BCUT2D eigenvalue weighted by molar-refractivity contribution is 0.0586. The minimum Gasteiger partial charge on any atom is -0.365 e. The predicted molar refractivity (Wildman–Crippen MR) is 57.4 cm³/mol. The number of nitrogens with one attached hydrogen (secondary N) is 2. The largest absolute Gasteiger partial charge is 0.365 e. The van der Waals surface area contributed by atoms with Gasteiger partial charge in [0.1, 0.15) is 23.4 Å². The normalized spacial score (nSPS) is 14.5. The molecule has 0 saturated carbocycles. The van der Waals surface area contributed by atoms with Gasteiger partial charge in [0.25, 0.3) is 0 Å². The van der Waals surface area contributed by atoms with Gasteiger partial charge in [-0.2, -0.15) is 12.6 Å². The van der Waals surface area contributed by atoms with Crippen molar-refractivity contribution >= 4 is 12.6 Å². The fourth-order valence-corrected chi connectivity index (χ4v) is 1.14. The Hall–Kier alpha value is -0.460. The van der Waals surface area contributed by atoms with E-state index in [1.807, 2.05) is 0 Å². The van der Waals surface area contributed by atoms with Crippen molar-refractivity contribution in [3.05, 3.63) is 0 Å². The van der Waals surface area contributed by atoms with Crippen molar-refractivity contribution in [2.75, 3.05) is 26.0 Å². The van der Waals surface area contributed by atoms with E-state index in [4.69, 9.17) is 16.0 Å². The Morgan fingerprint density at radius 1 is 1.71 bits per heavy atom. The monoisotopic (exact) mass is 220 g/mol. The molecule has 82 valence electrons. The van der Waals surface area contributed by atoms with E-state index in [1.165, 1.54) is 0 Å². The number of methoxy groups -OCH3 is 1. The Morgan fingerprint density at radius 2 is 2.43 bits per heavy atom. The predicted octanol–water partition coefficient (Wildman–Crippen LogP) is -0.254. The lowest BCUT2D eigenvalue weighted by atomic mass is 10.3. The maximum atomic E-state index is 6.44. The second-order valence-corrected chi connectivity index (χ2v) is 3.14. The number of hydrogen-bond acceptors (Lipinski definition) is 6. The highest BCUT2D eigenvalue weighted by molar-refractivity contribution is 7.80. The summed E-state index contributed by atoms with van der Waals surface area (Å²) in [5.74, 6) is 0.567. The van der Waals surface area contributed by atoms with Gasteiger partial charge in [-0.05, 0) is 13.0 Å². The van der Waals surface area contributed by atoms with E-state index in [0.29, 0.717) is 12.3 Å². The quantitative estimate of drug-likeness (QED) is 0.149. The molecular formula is C7H18N5OS+. The summed E-state index contributed by atoms with van der Waals surface area (Å²) < 4.78 is 5.13. The second-order valence-electron chi connectivity index (χ2n) is 2.78. The summed E-state index contributed by atoms with van der Waals surface area (Å²) in [4.78, 5) is 2.90. The fourth-order valence-electron chi connectivity index (χ4n) is 0.949. The number of ether oxygens (including phenoxy) is 1. The molecule has 0 aliphatic carbocycles. The first-order valence-electron chi connectivity index (χ1n) is 4.42. The lowest BCUT2D eigenvalue weighted by Crippen LogP contribution is -2.47. The topological polar surface area (TPSA) is 97.6 Å². The first-order valence-corrected chi connectivity index (χ1v) is 5.05. The molecule has 0 aromatic carbocycles. The highest BCUT2D eigenvalue weighted by atomic mass is 32.1. The van der Waals surface area contributed by atoms with Gasteiger partial charge in [-0.25, -0.2) is 0 Å². The molecular weight excluding hydrogens is 202 g/mol. The molecule has 0 fully saturated rings. The molecule has 0 saturated heterocycles. The number of nitrogens with zero attached hydrogens (tertiary/aromatic N) is 2. The average molecular weight is 220 g/mol. The summed E-state index contributed by atoms with van der Waals surface area (Å²) in [6.45, 7) is 1.28. The third kappa shape index (κ3) is 6.06. The van der Waals surface area contributed by atoms with Gasteiger partial charge in [0.15, 0.2) is 0 Å². The maximum Gasteiger partial charge on any atom is 0.214 e. The molecule has 0 rings (SSSR count). The molecule has 0 aliphatic rings. The molecule has 0 amide bonds. The Morgan fingerprint density at radius 3 is 2.93 bits per heavy atom. The van der Waals surface area contributed by atoms with Crippen LogP contribution in [-0.2, 0) is 4.74 Å². The summed E-state index contributed by atoms with van der Waals surface area (Å²) in [5.41, 5.74) is 12.2. The SMILES string of the molecule is COC(NCCCN=[N+]=N)[C@H](N)CS. The van der Waals surface area contributed by atoms with Crippen LogP contribution in [0.4, 0.5) is 0 Å². The van der Waals surface area contributed by atoms with Crippen LogP contribution >= 0.6 is 12.6 Å². The summed E-state index contributed by atoms with van der Waals surface area (Å²) >= 11 is 4.08. The molecule has 4 N–H and O–H groups in total. The average Bonchev–Trinajstić information content (AvgIpc) is 2.22. The molecule has 7 heteroatoms. The Bertz CT molecular complexity index is 185. The first kappa shape index (κ1) is 13.5. The van der Waals surface area contributed by atoms with Gasteiger partial charge in [-0.15, -0.1) is 0 Å². The van der Waals surface area contributed by atoms with Crippen molar-refractivity contribution in [1.82, 2.24) is 10.2 Å². The zero-order valence-corrected chi connectivity index (χ0v) is 9.20. The maximum absolute atomic E-state index is 6.44. The van der Waals surface area contributed by atoms with Crippen LogP contribution in [0.3, 0.4) is 0 Å². The van der Waals surface area contributed by atoms with E-state index in [-0.39, 0.29) is 12.3 Å². The summed E-state index contributed by atoms with van der Waals surface area (Å²) in [6.07, 6.45) is 0.627. The number of hydrogen-bond donors (Lipinski definition) is 4. The molecule has 2 atom stereocenters. The van der Waals surface area contributed by atoms with Gasteiger partial charge in [-0.3, -0.25) is 5.32 Å². The number of rotatable bonds is 8. The minimum absolute atomic E-state index is 0.124. The van der Waals surface area contributed by atoms with Crippen LogP contribution in [0, 0.1) is 5.53 Å². The molecule has 6 nitrogen and oxygen atoms in total. The summed E-state index contributed by atoms with van der Waals surface area (Å²) in [6, 6.07) is -0.124. The van der Waals surface area contributed by atoms with Crippen LogP contribution in [-0.4, -0.2) is 38.2 Å². The van der Waals surface area contributed by atoms with E-state index in [0.717, 1.165) is 13.0 Å². The molecule has 0 bridgehead atoms. The van der Waals surface area contributed by atoms with Crippen molar-refractivity contribution in [3.8, 4) is 0 Å². The number of nitrogens with two attached hydrogens (primary N) is 1. The molecule has 14 heavy (non-hydrogen) atoms. The van der Waals surface area contributed by atoms with Gasteiger partial charge in [0.05, 0.1) is 6.04 Å². The van der Waals surface area contributed by atoms with Gasteiger partial charge >= 0.3 is 0 Å². The summed E-state index contributed by atoms with van der Waals surface area (Å²) in [7, 11) is 1.60. The summed E-state index contributed by atoms with van der Waals surface area (Å²) in [5, 5.41) is 6.64. The zero-order chi connectivity index (χ0) is 10.8.